The summed E-state index contributed by atoms with van der Waals surface area (Å²) in [6.07, 6.45) is 1.14. The molecule has 0 aromatic heterocycles. The average Bonchev–Trinajstić information content (AvgIpc) is 2.76. The van der Waals surface area contributed by atoms with Gasteiger partial charge in [-0.1, -0.05) is 42.0 Å². The van der Waals surface area contributed by atoms with Gasteiger partial charge < -0.3 is 10.2 Å². The van der Waals surface area contributed by atoms with Crippen molar-refractivity contribution in [2.45, 2.75) is 38.8 Å². The zero-order valence-corrected chi connectivity index (χ0v) is 18.0. The van der Waals surface area contributed by atoms with Crippen molar-refractivity contribution >= 4 is 29.9 Å². The molecule has 0 spiro atoms. The van der Waals surface area contributed by atoms with E-state index in [4.69, 9.17) is 0 Å². The van der Waals surface area contributed by atoms with Crippen LogP contribution in [-0.2, 0) is 27.3 Å². The van der Waals surface area contributed by atoms with Crippen LogP contribution in [0, 0.1) is 6.92 Å². The molecule has 8 nitrogen and oxygen atoms in total. The molecule has 4 amide bonds. The number of carbonyl (C=O) groups excluding carboxylic acids is 5. The van der Waals surface area contributed by atoms with Gasteiger partial charge in [-0.25, -0.2) is 0 Å². The van der Waals surface area contributed by atoms with E-state index in [9.17, 15) is 24.0 Å². The molecule has 1 unspecified atom stereocenters. The highest BCUT2D eigenvalue weighted by Crippen LogP contribution is 2.19. The number of carbonyl (C=O) groups is 5. The summed E-state index contributed by atoms with van der Waals surface area (Å²) in [5.41, 5.74) is 2.74. The van der Waals surface area contributed by atoms with Crippen LogP contribution in [0.15, 0.2) is 42.5 Å². The molecule has 1 aliphatic rings. The minimum atomic E-state index is -0.794. The van der Waals surface area contributed by atoms with Crippen molar-refractivity contribution in [2.75, 3.05) is 7.05 Å². The first-order valence-electron chi connectivity index (χ1n) is 10.3. The lowest BCUT2D eigenvalue weighted by Gasteiger charge is -2.30. The first-order chi connectivity index (χ1) is 15.3. The van der Waals surface area contributed by atoms with Gasteiger partial charge in [0, 0.05) is 25.6 Å². The van der Waals surface area contributed by atoms with E-state index in [2.05, 4.69) is 10.6 Å². The maximum atomic E-state index is 13.0. The van der Waals surface area contributed by atoms with E-state index in [-0.39, 0.29) is 48.7 Å². The van der Waals surface area contributed by atoms with Crippen molar-refractivity contribution in [2.24, 2.45) is 0 Å². The van der Waals surface area contributed by atoms with Crippen molar-refractivity contribution in [1.29, 1.82) is 0 Å². The number of hydrogen-bond acceptors (Lipinski definition) is 5. The molecule has 1 fully saturated rings. The number of nitrogens with one attached hydrogen (secondary N) is 2. The van der Waals surface area contributed by atoms with Crippen molar-refractivity contribution in [3.8, 4) is 0 Å². The SMILES string of the molecule is Cc1cccc(CC(=O)NCc2cccc(C(=O)N(C)C3CCC(=O)NC3=O)c2C=O)c1. The van der Waals surface area contributed by atoms with E-state index in [1.54, 1.807) is 12.1 Å². The van der Waals surface area contributed by atoms with Crippen molar-refractivity contribution in [1.82, 2.24) is 15.5 Å². The Morgan fingerprint density at radius 2 is 1.94 bits per heavy atom. The molecule has 166 valence electrons. The van der Waals surface area contributed by atoms with Gasteiger partial charge in [-0.2, -0.15) is 0 Å². The third kappa shape index (κ3) is 5.26. The lowest BCUT2D eigenvalue weighted by atomic mass is 9.98. The molecule has 0 saturated carbocycles. The summed E-state index contributed by atoms with van der Waals surface area (Å²) in [7, 11) is 1.47. The topological polar surface area (TPSA) is 113 Å². The van der Waals surface area contributed by atoms with Crippen molar-refractivity contribution in [3.05, 3.63) is 70.3 Å². The third-order valence-electron chi connectivity index (χ3n) is 5.47. The number of likely N-dealkylation sites (N-methyl/N-ethyl adjacent to an activating group) is 1. The predicted octanol–water partition coefficient (Wildman–Crippen LogP) is 1.54. The Morgan fingerprint density at radius 1 is 1.19 bits per heavy atom. The van der Waals surface area contributed by atoms with Gasteiger partial charge in [0.1, 0.15) is 6.04 Å². The maximum Gasteiger partial charge on any atom is 0.255 e. The van der Waals surface area contributed by atoms with E-state index in [0.29, 0.717) is 11.8 Å². The fourth-order valence-electron chi connectivity index (χ4n) is 3.74. The molecule has 1 saturated heterocycles. The van der Waals surface area contributed by atoms with Gasteiger partial charge in [-0.3, -0.25) is 29.3 Å². The molecule has 0 bridgehead atoms. The lowest BCUT2D eigenvalue weighted by Crippen LogP contribution is -2.53. The van der Waals surface area contributed by atoms with E-state index in [0.717, 1.165) is 11.1 Å². The number of aryl methyl sites for hydroxylation is 1. The first-order valence-corrected chi connectivity index (χ1v) is 10.3. The molecular weight excluding hydrogens is 410 g/mol. The zero-order valence-electron chi connectivity index (χ0n) is 18.0. The number of nitrogens with zero attached hydrogens (tertiary/aromatic N) is 1. The summed E-state index contributed by atoms with van der Waals surface area (Å²) >= 11 is 0. The highest BCUT2D eigenvalue weighted by atomic mass is 16.2. The van der Waals surface area contributed by atoms with Crippen LogP contribution >= 0.6 is 0 Å². The number of rotatable bonds is 7. The molecule has 0 aliphatic carbocycles. The smallest absolute Gasteiger partial charge is 0.255 e. The second-order valence-corrected chi connectivity index (χ2v) is 7.82. The van der Waals surface area contributed by atoms with E-state index in [1.807, 2.05) is 31.2 Å². The number of amides is 4. The third-order valence-corrected chi connectivity index (χ3v) is 5.47. The normalized spacial score (nSPS) is 15.6. The highest BCUT2D eigenvalue weighted by molar-refractivity contribution is 6.06. The lowest BCUT2D eigenvalue weighted by molar-refractivity contribution is -0.136. The van der Waals surface area contributed by atoms with Crippen LogP contribution in [-0.4, -0.2) is 47.9 Å². The number of piperidine rings is 1. The van der Waals surface area contributed by atoms with Gasteiger partial charge in [0.15, 0.2) is 6.29 Å². The molecule has 2 aromatic rings. The van der Waals surface area contributed by atoms with Crippen LogP contribution in [0.4, 0.5) is 0 Å². The summed E-state index contributed by atoms with van der Waals surface area (Å²) in [6.45, 7) is 2.04. The van der Waals surface area contributed by atoms with Crippen LogP contribution < -0.4 is 10.6 Å². The Hall–Kier alpha value is -3.81. The molecule has 1 heterocycles. The Labute approximate surface area is 186 Å². The van der Waals surface area contributed by atoms with Gasteiger partial charge in [0.05, 0.1) is 12.0 Å². The van der Waals surface area contributed by atoms with Crippen LogP contribution in [0.3, 0.4) is 0 Å². The minimum Gasteiger partial charge on any atom is -0.352 e. The molecule has 2 N–H and O–H groups in total. The van der Waals surface area contributed by atoms with Gasteiger partial charge in [-0.15, -0.1) is 0 Å². The van der Waals surface area contributed by atoms with Gasteiger partial charge in [0.25, 0.3) is 5.91 Å². The van der Waals surface area contributed by atoms with Gasteiger partial charge >= 0.3 is 0 Å². The van der Waals surface area contributed by atoms with Gasteiger partial charge in [0.2, 0.25) is 17.7 Å². The van der Waals surface area contributed by atoms with Crippen LogP contribution in [0.1, 0.15) is 50.2 Å². The second kappa shape index (κ2) is 10.00. The quantitative estimate of drug-likeness (QED) is 0.506. The van der Waals surface area contributed by atoms with E-state index < -0.39 is 17.9 Å². The summed E-state index contributed by atoms with van der Waals surface area (Å²) in [6, 6.07) is 11.6. The number of hydrogen-bond donors (Lipinski definition) is 2. The largest absolute Gasteiger partial charge is 0.352 e. The highest BCUT2D eigenvalue weighted by Gasteiger charge is 2.33. The molecule has 2 aromatic carbocycles. The number of benzene rings is 2. The molecule has 3 rings (SSSR count). The molecular formula is C24H25N3O5. The Balaban J connectivity index is 1.72. The molecule has 1 atom stereocenters. The van der Waals surface area contributed by atoms with Crippen molar-refractivity contribution in [3.63, 3.8) is 0 Å². The monoisotopic (exact) mass is 435 g/mol. The molecule has 1 aliphatic heterocycles. The van der Waals surface area contributed by atoms with E-state index >= 15 is 0 Å². The summed E-state index contributed by atoms with van der Waals surface area (Å²) in [4.78, 5) is 61.9. The standard InChI is InChI=1S/C24H25N3O5/c1-15-5-3-6-16(11-15)12-22(30)25-13-17-7-4-8-18(19(17)14-28)24(32)27(2)20-9-10-21(29)26-23(20)31/h3-8,11,14,20H,9-10,12-13H2,1-2H3,(H,25,30)(H,26,29,31). The number of aldehydes is 1. The predicted molar refractivity (Wildman–Crippen MR) is 117 cm³/mol. The fraction of sp³-hybridized carbons (Fsp3) is 0.292. The minimum absolute atomic E-state index is 0.0853. The summed E-state index contributed by atoms with van der Waals surface area (Å²) < 4.78 is 0. The summed E-state index contributed by atoms with van der Waals surface area (Å²) in [5, 5.41) is 5.01. The molecule has 32 heavy (non-hydrogen) atoms. The maximum absolute atomic E-state index is 13.0. The first kappa shape index (κ1) is 22.9. The Morgan fingerprint density at radius 3 is 2.62 bits per heavy atom. The number of imide groups is 1. The Kier molecular flexibility index (Phi) is 7.14. The van der Waals surface area contributed by atoms with Crippen LogP contribution in [0.25, 0.3) is 0 Å². The fourth-order valence-corrected chi connectivity index (χ4v) is 3.74. The zero-order chi connectivity index (χ0) is 23.3. The molecule has 0 radical (unpaired) electrons. The Bertz CT molecular complexity index is 1080. The van der Waals surface area contributed by atoms with Crippen LogP contribution in [0.5, 0.6) is 0 Å². The average molecular weight is 435 g/mol. The van der Waals surface area contributed by atoms with Crippen LogP contribution in [0.2, 0.25) is 0 Å². The summed E-state index contributed by atoms with van der Waals surface area (Å²) in [5.74, 6) is -1.62. The second-order valence-electron chi connectivity index (χ2n) is 7.82. The molecule has 8 heteroatoms. The van der Waals surface area contributed by atoms with E-state index in [1.165, 1.54) is 18.0 Å². The van der Waals surface area contributed by atoms with Crippen molar-refractivity contribution < 1.29 is 24.0 Å². The van der Waals surface area contributed by atoms with Gasteiger partial charge in [-0.05, 0) is 30.5 Å².